The van der Waals surface area contributed by atoms with Crippen molar-refractivity contribution in [3.05, 3.63) is 33.9 Å². The summed E-state index contributed by atoms with van der Waals surface area (Å²) in [4.78, 5) is 8.95. The zero-order valence-corrected chi connectivity index (χ0v) is 11.6. The summed E-state index contributed by atoms with van der Waals surface area (Å²) in [6.45, 7) is 0.867. The van der Waals surface area contributed by atoms with Gasteiger partial charge in [0.05, 0.1) is 5.69 Å². The third-order valence-electron chi connectivity index (χ3n) is 2.66. The van der Waals surface area contributed by atoms with Crippen molar-refractivity contribution < 1.29 is 0 Å². The highest BCUT2D eigenvalue weighted by atomic mass is 79.9. The van der Waals surface area contributed by atoms with E-state index in [1.165, 1.54) is 12.8 Å². The van der Waals surface area contributed by atoms with E-state index in [2.05, 4.69) is 36.6 Å². The van der Waals surface area contributed by atoms with Crippen LogP contribution in [0.5, 0.6) is 0 Å². The minimum Gasteiger partial charge on any atom is -0.308 e. The fourth-order valence-corrected chi connectivity index (χ4v) is 2.98. The molecule has 0 atom stereocenters. The van der Waals surface area contributed by atoms with Crippen LogP contribution in [-0.4, -0.2) is 16.0 Å². The number of nitrogens with zero attached hydrogens (tertiary/aromatic N) is 2. The minimum atomic E-state index is 0.724. The van der Waals surface area contributed by atoms with Gasteiger partial charge in [-0.1, -0.05) is 0 Å². The van der Waals surface area contributed by atoms with Crippen LogP contribution in [0.4, 0.5) is 0 Å². The Morgan fingerprint density at radius 3 is 3.12 bits per heavy atom. The molecule has 2 heterocycles. The van der Waals surface area contributed by atoms with Crippen LogP contribution in [0, 0.1) is 0 Å². The second-order valence-corrected chi connectivity index (χ2v) is 5.85. The van der Waals surface area contributed by atoms with Gasteiger partial charge in [0.15, 0.2) is 0 Å². The lowest BCUT2D eigenvalue weighted by Crippen LogP contribution is -2.15. The Morgan fingerprint density at radius 2 is 2.35 bits per heavy atom. The molecule has 0 aromatic carbocycles. The maximum absolute atomic E-state index is 4.60. The van der Waals surface area contributed by atoms with Gasteiger partial charge in [0.2, 0.25) is 0 Å². The monoisotopic (exact) mass is 309 g/mol. The molecule has 1 saturated carbocycles. The molecule has 0 radical (unpaired) electrons. The normalized spacial score (nSPS) is 15.1. The SMILES string of the molecule is Brc1cccnc1-c1nc(CNC2CC2)cs1. The molecule has 1 aliphatic rings. The molecule has 0 bridgehead atoms. The van der Waals surface area contributed by atoms with Crippen molar-refractivity contribution in [2.45, 2.75) is 25.4 Å². The van der Waals surface area contributed by atoms with Crippen LogP contribution in [0.25, 0.3) is 10.7 Å². The Hall–Kier alpha value is -0.780. The molecule has 3 rings (SSSR count). The fraction of sp³-hybridized carbons (Fsp3) is 0.333. The lowest BCUT2D eigenvalue weighted by molar-refractivity contribution is 0.677. The number of halogens is 1. The summed E-state index contributed by atoms with van der Waals surface area (Å²) in [5, 5.41) is 6.54. The molecule has 17 heavy (non-hydrogen) atoms. The summed E-state index contributed by atoms with van der Waals surface area (Å²) < 4.78 is 0.996. The van der Waals surface area contributed by atoms with Crippen LogP contribution in [-0.2, 0) is 6.54 Å². The lowest BCUT2D eigenvalue weighted by atomic mass is 10.3. The Balaban J connectivity index is 1.77. The molecular formula is C12H12BrN3S. The van der Waals surface area contributed by atoms with E-state index < -0.39 is 0 Å². The third-order valence-corrected chi connectivity index (χ3v) is 4.20. The highest BCUT2D eigenvalue weighted by molar-refractivity contribution is 9.10. The van der Waals surface area contributed by atoms with Gasteiger partial charge < -0.3 is 5.32 Å². The van der Waals surface area contributed by atoms with Gasteiger partial charge in [-0.3, -0.25) is 4.98 Å². The summed E-state index contributed by atoms with van der Waals surface area (Å²) in [5.41, 5.74) is 2.03. The molecular weight excluding hydrogens is 298 g/mol. The predicted molar refractivity (Wildman–Crippen MR) is 72.9 cm³/mol. The van der Waals surface area contributed by atoms with Crippen molar-refractivity contribution in [2.24, 2.45) is 0 Å². The van der Waals surface area contributed by atoms with Gasteiger partial charge >= 0.3 is 0 Å². The summed E-state index contributed by atoms with van der Waals surface area (Å²) in [6, 6.07) is 4.63. The molecule has 0 spiro atoms. The lowest BCUT2D eigenvalue weighted by Gasteiger charge is -1.99. The van der Waals surface area contributed by atoms with Gasteiger partial charge in [-0.05, 0) is 40.9 Å². The van der Waals surface area contributed by atoms with Gasteiger partial charge in [0, 0.05) is 28.6 Å². The Morgan fingerprint density at radius 1 is 1.47 bits per heavy atom. The van der Waals surface area contributed by atoms with Crippen LogP contribution in [0.2, 0.25) is 0 Å². The van der Waals surface area contributed by atoms with Crippen molar-refractivity contribution in [1.29, 1.82) is 0 Å². The van der Waals surface area contributed by atoms with Crippen molar-refractivity contribution in [3.8, 4) is 10.7 Å². The first-order chi connectivity index (χ1) is 8.33. The highest BCUT2D eigenvalue weighted by Crippen LogP contribution is 2.28. The first kappa shape index (κ1) is 11.3. The molecule has 1 fully saturated rings. The van der Waals surface area contributed by atoms with E-state index in [4.69, 9.17) is 0 Å². The van der Waals surface area contributed by atoms with Crippen LogP contribution in [0.1, 0.15) is 18.5 Å². The molecule has 0 amide bonds. The summed E-state index contributed by atoms with van der Waals surface area (Å²) >= 11 is 5.15. The fourth-order valence-electron chi connectivity index (χ4n) is 1.58. The zero-order chi connectivity index (χ0) is 11.7. The van der Waals surface area contributed by atoms with Crippen LogP contribution in [0.3, 0.4) is 0 Å². The van der Waals surface area contributed by atoms with E-state index >= 15 is 0 Å². The summed E-state index contributed by atoms with van der Waals surface area (Å²) in [7, 11) is 0. The van der Waals surface area contributed by atoms with Gasteiger partial charge in [0.25, 0.3) is 0 Å². The van der Waals surface area contributed by atoms with Crippen LogP contribution in [0.15, 0.2) is 28.2 Å². The Bertz CT molecular complexity index is 522. The molecule has 2 aromatic rings. The van der Waals surface area contributed by atoms with Crippen molar-refractivity contribution in [2.75, 3.05) is 0 Å². The molecule has 0 saturated heterocycles. The average molecular weight is 310 g/mol. The van der Waals surface area contributed by atoms with Gasteiger partial charge in [0.1, 0.15) is 10.7 Å². The molecule has 1 aliphatic carbocycles. The quantitative estimate of drug-likeness (QED) is 0.942. The number of thiazole rings is 1. The van der Waals surface area contributed by atoms with E-state index in [0.29, 0.717) is 0 Å². The number of nitrogens with one attached hydrogen (secondary N) is 1. The summed E-state index contributed by atoms with van der Waals surface area (Å²) in [5.74, 6) is 0. The standard InChI is InChI=1S/C12H12BrN3S/c13-10-2-1-5-14-11(10)12-16-9(7-17-12)6-15-8-3-4-8/h1-2,5,7-8,15H,3-4,6H2. The van der Waals surface area contributed by atoms with Gasteiger partial charge in [-0.2, -0.15) is 0 Å². The topological polar surface area (TPSA) is 37.8 Å². The second kappa shape index (κ2) is 4.84. The van der Waals surface area contributed by atoms with Gasteiger partial charge in [-0.25, -0.2) is 4.98 Å². The van der Waals surface area contributed by atoms with Gasteiger partial charge in [-0.15, -0.1) is 11.3 Å². The molecule has 0 unspecified atom stereocenters. The Kier molecular flexibility index (Phi) is 3.22. The van der Waals surface area contributed by atoms with Crippen molar-refractivity contribution in [3.63, 3.8) is 0 Å². The van der Waals surface area contributed by atoms with Crippen molar-refractivity contribution >= 4 is 27.3 Å². The molecule has 2 aromatic heterocycles. The third kappa shape index (κ3) is 2.73. The molecule has 5 heteroatoms. The number of pyridine rings is 1. The van der Waals surface area contributed by atoms with E-state index in [1.54, 1.807) is 17.5 Å². The smallest absolute Gasteiger partial charge is 0.143 e. The van der Waals surface area contributed by atoms with E-state index in [1.807, 2.05) is 12.1 Å². The maximum Gasteiger partial charge on any atom is 0.143 e. The second-order valence-electron chi connectivity index (χ2n) is 4.13. The first-order valence-electron chi connectivity index (χ1n) is 5.61. The highest BCUT2D eigenvalue weighted by Gasteiger charge is 2.20. The van der Waals surface area contributed by atoms with E-state index in [9.17, 15) is 0 Å². The number of hydrogen-bond acceptors (Lipinski definition) is 4. The average Bonchev–Trinajstić information content (AvgIpc) is 3.06. The number of hydrogen-bond donors (Lipinski definition) is 1. The van der Waals surface area contributed by atoms with E-state index in [0.717, 1.165) is 33.5 Å². The minimum absolute atomic E-state index is 0.724. The molecule has 0 aliphatic heterocycles. The van der Waals surface area contributed by atoms with Crippen molar-refractivity contribution in [1.82, 2.24) is 15.3 Å². The molecule has 88 valence electrons. The van der Waals surface area contributed by atoms with Crippen LogP contribution < -0.4 is 5.32 Å². The Labute approximate surface area is 112 Å². The molecule has 3 nitrogen and oxygen atoms in total. The zero-order valence-electron chi connectivity index (χ0n) is 9.19. The maximum atomic E-state index is 4.60. The summed E-state index contributed by atoms with van der Waals surface area (Å²) in [6.07, 6.45) is 4.41. The first-order valence-corrected chi connectivity index (χ1v) is 7.29. The number of aromatic nitrogens is 2. The number of rotatable bonds is 4. The van der Waals surface area contributed by atoms with Crippen LogP contribution >= 0.6 is 27.3 Å². The molecule has 1 N–H and O–H groups in total. The predicted octanol–water partition coefficient (Wildman–Crippen LogP) is 3.22. The van der Waals surface area contributed by atoms with E-state index in [-0.39, 0.29) is 0 Å². The largest absolute Gasteiger partial charge is 0.308 e.